The molecular weight excluding hydrogens is 302 g/mol. The second-order valence-corrected chi connectivity index (χ2v) is 7.13. The fraction of sp³-hybridized carbons (Fsp3) is 0.579. The van der Waals surface area contributed by atoms with E-state index in [0.29, 0.717) is 31.3 Å². The van der Waals surface area contributed by atoms with Crippen LogP contribution in [0.2, 0.25) is 0 Å². The predicted molar refractivity (Wildman–Crippen MR) is 93.2 cm³/mol. The Bertz CT molecular complexity index is 563. The van der Waals surface area contributed by atoms with Gasteiger partial charge in [0.2, 0.25) is 5.91 Å². The highest BCUT2D eigenvalue weighted by Crippen LogP contribution is 2.37. The number of piperidine rings is 1. The smallest absolute Gasteiger partial charge is 0.317 e. The van der Waals surface area contributed by atoms with Crippen LogP contribution in [0.3, 0.4) is 0 Å². The van der Waals surface area contributed by atoms with E-state index in [-0.39, 0.29) is 18.0 Å². The number of benzene rings is 1. The average molecular weight is 329 g/mol. The first-order chi connectivity index (χ1) is 11.6. The maximum absolute atomic E-state index is 12.7. The molecule has 24 heavy (non-hydrogen) atoms. The number of hydrogen-bond acceptors (Lipinski definition) is 2. The number of rotatable bonds is 5. The van der Waals surface area contributed by atoms with Crippen LogP contribution in [-0.4, -0.2) is 29.9 Å². The van der Waals surface area contributed by atoms with E-state index in [2.05, 4.69) is 17.4 Å². The molecule has 1 saturated heterocycles. The van der Waals surface area contributed by atoms with E-state index in [4.69, 9.17) is 5.73 Å². The topological polar surface area (TPSA) is 75.4 Å². The molecule has 2 fully saturated rings. The van der Waals surface area contributed by atoms with Crippen molar-refractivity contribution in [1.29, 1.82) is 0 Å². The molecule has 1 saturated carbocycles. The minimum atomic E-state index is -0.243. The Morgan fingerprint density at radius 3 is 2.33 bits per heavy atom. The van der Waals surface area contributed by atoms with E-state index >= 15 is 0 Å². The molecule has 1 heterocycles. The first-order valence-electron chi connectivity index (χ1n) is 9.02. The molecule has 3 N–H and O–H groups in total. The molecule has 130 valence electrons. The van der Waals surface area contributed by atoms with Crippen LogP contribution in [-0.2, 0) is 4.79 Å². The maximum atomic E-state index is 12.7. The predicted octanol–water partition coefficient (Wildman–Crippen LogP) is 2.82. The molecule has 1 aliphatic heterocycles. The summed E-state index contributed by atoms with van der Waals surface area (Å²) in [5, 5.41) is 3.26. The zero-order valence-corrected chi connectivity index (χ0v) is 14.1. The van der Waals surface area contributed by atoms with Gasteiger partial charge in [-0.2, -0.15) is 0 Å². The number of nitrogens with two attached hydrogens (primary N) is 1. The lowest BCUT2D eigenvalue weighted by atomic mass is 9.77. The SMILES string of the molecule is NC(=O)CC1CCN(C(=O)NC(c2ccccc2)C2CCC2)CC1. The Kier molecular flexibility index (Phi) is 5.38. The Balaban J connectivity index is 1.57. The van der Waals surface area contributed by atoms with Crippen molar-refractivity contribution in [2.24, 2.45) is 17.6 Å². The Hall–Kier alpha value is -2.04. The summed E-state index contributed by atoms with van der Waals surface area (Å²) in [5.74, 6) is 0.624. The summed E-state index contributed by atoms with van der Waals surface area (Å²) < 4.78 is 0. The number of carbonyl (C=O) groups excluding carboxylic acids is 2. The largest absolute Gasteiger partial charge is 0.370 e. The van der Waals surface area contributed by atoms with Crippen LogP contribution in [0.4, 0.5) is 4.79 Å². The molecule has 1 aromatic carbocycles. The minimum absolute atomic E-state index is 0.0216. The highest BCUT2D eigenvalue weighted by molar-refractivity contribution is 5.75. The van der Waals surface area contributed by atoms with E-state index in [1.165, 1.54) is 24.8 Å². The molecule has 1 atom stereocenters. The van der Waals surface area contributed by atoms with Crippen LogP contribution in [0, 0.1) is 11.8 Å². The zero-order valence-electron chi connectivity index (χ0n) is 14.1. The highest BCUT2D eigenvalue weighted by atomic mass is 16.2. The van der Waals surface area contributed by atoms with Crippen molar-refractivity contribution in [3.05, 3.63) is 35.9 Å². The van der Waals surface area contributed by atoms with Gasteiger partial charge in [0.15, 0.2) is 0 Å². The summed E-state index contributed by atoms with van der Waals surface area (Å²) in [6.07, 6.45) is 5.76. The molecular formula is C19H27N3O2. The molecule has 2 aliphatic rings. The van der Waals surface area contributed by atoms with Crippen LogP contribution in [0.1, 0.15) is 50.1 Å². The molecule has 0 radical (unpaired) electrons. The highest BCUT2D eigenvalue weighted by Gasteiger charge is 2.32. The fourth-order valence-corrected chi connectivity index (χ4v) is 3.76. The molecule has 5 heteroatoms. The number of urea groups is 1. The first kappa shape index (κ1) is 16.8. The van der Waals surface area contributed by atoms with E-state index in [1.54, 1.807) is 0 Å². The van der Waals surface area contributed by atoms with Gasteiger partial charge in [0, 0.05) is 19.5 Å². The van der Waals surface area contributed by atoms with Gasteiger partial charge >= 0.3 is 6.03 Å². The third-order valence-electron chi connectivity index (χ3n) is 5.45. The van der Waals surface area contributed by atoms with E-state index in [9.17, 15) is 9.59 Å². The molecule has 3 rings (SSSR count). The first-order valence-corrected chi connectivity index (χ1v) is 9.02. The van der Waals surface area contributed by atoms with Gasteiger partial charge in [-0.25, -0.2) is 4.79 Å². The number of carbonyl (C=O) groups is 2. The van der Waals surface area contributed by atoms with Crippen LogP contribution in [0.25, 0.3) is 0 Å². The van der Waals surface area contributed by atoms with Gasteiger partial charge in [-0.05, 0) is 43.1 Å². The number of amides is 3. The minimum Gasteiger partial charge on any atom is -0.370 e. The lowest BCUT2D eigenvalue weighted by molar-refractivity contribution is -0.119. The van der Waals surface area contributed by atoms with Crippen molar-refractivity contribution < 1.29 is 9.59 Å². The summed E-state index contributed by atoms with van der Waals surface area (Å²) in [6.45, 7) is 1.41. The van der Waals surface area contributed by atoms with Gasteiger partial charge in [0.1, 0.15) is 0 Å². The van der Waals surface area contributed by atoms with Crippen LogP contribution < -0.4 is 11.1 Å². The average Bonchev–Trinajstić information content (AvgIpc) is 2.53. The van der Waals surface area contributed by atoms with Crippen LogP contribution >= 0.6 is 0 Å². The van der Waals surface area contributed by atoms with Crippen molar-refractivity contribution in [3.8, 4) is 0 Å². The molecule has 5 nitrogen and oxygen atoms in total. The van der Waals surface area contributed by atoms with Crippen LogP contribution in [0.15, 0.2) is 30.3 Å². The normalized spacial score (nSPS) is 20.2. The van der Waals surface area contributed by atoms with E-state index in [0.717, 1.165) is 12.8 Å². The van der Waals surface area contributed by atoms with E-state index < -0.39 is 0 Å². The van der Waals surface area contributed by atoms with E-state index in [1.807, 2.05) is 23.1 Å². The lowest BCUT2D eigenvalue weighted by Gasteiger charge is -2.37. The Labute approximate surface area is 143 Å². The second kappa shape index (κ2) is 7.69. The maximum Gasteiger partial charge on any atom is 0.317 e. The summed E-state index contributed by atoms with van der Waals surface area (Å²) in [5.41, 5.74) is 6.46. The van der Waals surface area contributed by atoms with Gasteiger partial charge in [-0.15, -0.1) is 0 Å². The molecule has 1 aromatic rings. The van der Waals surface area contributed by atoms with Crippen molar-refractivity contribution in [1.82, 2.24) is 10.2 Å². The van der Waals surface area contributed by atoms with Gasteiger partial charge in [-0.3, -0.25) is 4.79 Å². The lowest BCUT2D eigenvalue weighted by Crippen LogP contribution is -2.47. The Morgan fingerprint density at radius 1 is 1.12 bits per heavy atom. The number of likely N-dealkylation sites (tertiary alicyclic amines) is 1. The number of hydrogen-bond donors (Lipinski definition) is 2. The third-order valence-corrected chi connectivity index (χ3v) is 5.45. The fourth-order valence-electron chi connectivity index (χ4n) is 3.76. The van der Waals surface area contributed by atoms with Crippen molar-refractivity contribution in [2.75, 3.05) is 13.1 Å². The van der Waals surface area contributed by atoms with Gasteiger partial charge in [0.05, 0.1) is 6.04 Å². The Morgan fingerprint density at radius 2 is 1.79 bits per heavy atom. The summed E-state index contributed by atoms with van der Waals surface area (Å²) >= 11 is 0. The molecule has 1 aliphatic carbocycles. The summed E-state index contributed by atoms with van der Waals surface area (Å²) in [4.78, 5) is 25.6. The monoisotopic (exact) mass is 329 g/mol. The van der Waals surface area contributed by atoms with Gasteiger partial charge in [-0.1, -0.05) is 36.8 Å². The second-order valence-electron chi connectivity index (χ2n) is 7.13. The summed E-state index contributed by atoms with van der Waals surface area (Å²) in [7, 11) is 0. The van der Waals surface area contributed by atoms with Gasteiger partial charge in [0.25, 0.3) is 0 Å². The van der Waals surface area contributed by atoms with Crippen molar-refractivity contribution >= 4 is 11.9 Å². The molecule has 0 aromatic heterocycles. The molecule has 0 bridgehead atoms. The van der Waals surface area contributed by atoms with Gasteiger partial charge < -0.3 is 16.0 Å². The summed E-state index contributed by atoms with van der Waals surface area (Å²) in [6, 6.07) is 10.4. The van der Waals surface area contributed by atoms with Crippen molar-refractivity contribution in [3.63, 3.8) is 0 Å². The number of nitrogens with one attached hydrogen (secondary N) is 1. The standard InChI is InChI=1S/C19H27N3O2/c20-17(23)13-14-9-11-22(12-10-14)19(24)21-18(16-7-4-8-16)15-5-2-1-3-6-15/h1-3,5-6,14,16,18H,4,7-13H2,(H2,20,23)(H,21,24). The number of primary amides is 1. The molecule has 3 amide bonds. The van der Waals surface area contributed by atoms with Crippen molar-refractivity contribution in [2.45, 2.75) is 44.6 Å². The quantitative estimate of drug-likeness (QED) is 0.871. The number of nitrogens with zero attached hydrogens (tertiary/aromatic N) is 1. The van der Waals surface area contributed by atoms with Crippen LogP contribution in [0.5, 0.6) is 0 Å². The zero-order chi connectivity index (χ0) is 16.9. The molecule has 1 unspecified atom stereocenters. The third kappa shape index (κ3) is 4.08. The molecule has 0 spiro atoms.